The van der Waals surface area contributed by atoms with Crippen LogP contribution in [-0.4, -0.2) is 113 Å². The van der Waals surface area contributed by atoms with Gasteiger partial charge in [0.25, 0.3) is 11.8 Å². The van der Waals surface area contributed by atoms with Crippen molar-refractivity contribution < 1.29 is 38.0 Å². The molecule has 2 aromatic rings. The van der Waals surface area contributed by atoms with E-state index < -0.39 is 0 Å². The minimum absolute atomic E-state index is 0.0334. The highest BCUT2D eigenvalue weighted by atomic mass is 16.5. The molecule has 2 amide bonds. The van der Waals surface area contributed by atoms with Crippen LogP contribution in [0.4, 0.5) is 11.4 Å². The van der Waals surface area contributed by atoms with Crippen LogP contribution in [-0.2, 0) is 9.47 Å². The number of rotatable bonds is 10. The molecule has 0 radical (unpaired) electrons. The SMILES string of the molecule is COc1cc2c(cc1OC)C(=O)N1CCC(OCCCOC3CCN4C(=O)c5cc(OC)c(OC)cc5N=C[C@@H]4C3)C[C@H]1C=N2. The van der Waals surface area contributed by atoms with Crippen molar-refractivity contribution in [3.63, 3.8) is 0 Å². The zero-order chi connectivity index (χ0) is 31.5. The molecule has 2 fully saturated rings. The molecule has 0 spiro atoms. The lowest BCUT2D eigenvalue weighted by atomic mass is 9.99. The van der Waals surface area contributed by atoms with Crippen molar-refractivity contribution in [1.82, 2.24) is 9.80 Å². The van der Waals surface area contributed by atoms with Gasteiger partial charge in [-0.2, -0.15) is 0 Å². The van der Waals surface area contributed by atoms with E-state index in [-0.39, 0.29) is 36.1 Å². The van der Waals surface area contributed by atoms with Crippen LogP contribution in [0.25, 0.3) is 0 Å². The number of carbonyl (C=O) groups is 2. The van der Waals surface area contributed by atoms with Crippen LogP contribution in [0.3, 0.4) is 0 Å². The summed E-state index contributed by atoms with van der Waals surface area (Å²) >= 11 is 0. The second-order valence-electron chi connectivity index (χ2n) is 11.5. The van der Waals surface area contributed by atoms with Crippen molar-refractivity contribution in [3.05, 3.63) is 35.4 Å². The largest absolute Gasteiger partial charge is 0.493 e. The molecule has 2 unspecified atom stereocenters. The van der Waals surface area contributed by atoms with E-state index in [1.807, 2.05) is 22.2 Å². The van der Waals surface area contributed by atoms with Crippen molar-refractivity contribution in [1.29, 1.82) is 0 Å². The maximum absolute atomic E-state index is 13.4. The zero-order valence-corrected chi connectivity index (χ0v) is 26.2. The maximum atomic E-state index is 13.4. The van der Waals surface area contributed by atoms with Gasteiger partial charge in [-0.3, -0.25) is 19.6 Å². The number of ether oxygens (including phenoxy) is 6. The molecule has 6 rings (SSSR count). The minimum atomic E-state index is -0.140. The lowest BCUT2D eigenvalue weighted by Crippen LogP contribution is -2.48. The molecule has 0 bridgehead atoms. The normalized spacial score (nSPS) is 23.7. The summed E-state index contributed by atoms with van der Waals surface area (Å²) in [6.07, 6.45) is 7.39. The van der Waals surface area contributed by atoms with Gasteiger partial charge in [0.15, 0.2) is 23.0 Å². The van der Waals surface area contributed by atoms with Gasteiger partial charge in [0.1, 0.15) is 0 Å². The average Bonchev–Trinajstić information content (AvgIpc) is 3.29. The number of piperidine rings is 2. The van der Waals surface area contributed by atoms with Gasteiger partial charge in [-0.05, 0) is 44.2 Å². The van der Waals surface area contributed by atoms with Crippen molar-refractivity contribution >= 4 is 35.6 Å². The number of methoxy groups -OCH3 is 4. The smallest absolute Gasteiger partial charge is 0.256 e. The van der Waals surface area contributed by atoms with Crippen LogP contribution in [0.15, 0.2) is 34.3 Å². The molecule has 12 nitrogen and oxygen atoms in total. The molecule has 0 N–H and O–H groups in total. The molecule has 4 aliphatic heterocycles. The van der Waals surface area contributed by atoms with E-state index >= 15 is 0 Å². The number of fused-ring (bicyclic) bond motifs is 4. The second-order valence-corrected chi connectivity index (χ2v) is 11.5. The molecule has 45 heavy (non-hydrogen) atoms. The Labute approximate surface area is 262 Å². The van der Waals surface area contributed by atoms with Gasteiger partial charge in [0, 0.05) is 50.9 Å². The molecule has 4 heterocycles. The van der Waals surface area contributed by atoms with E-state index in [1.165, 1.54) is 0 Å². The van der Waals surface area contributed by atoms with E-state index in [9.17, 15) is 9.59 Å². The lowest BCUT2D eigenvalue weighted by Gasteiger charge is -2.37. The summed E-state index contributed by atoms with van der Waals surface area (Å²) in [6.45, 7) is 2.32. The van der Waals surface area contributed by atoms with E-state index in [0.29, 0.717) is 84.6 Å². The minimum Gasteiger partial charge on any atom is -0.493 e. The summed E-state index contributed by atoms with van der Waals surface area (Å²) in [5.74, 6) is 1.97. The van der Waals surface area contributed by atoms with Crippen molar-refractivity contribution in [2.45, 2.75) is 56.4 Å². The Morgan fingerprint density at radius 2 is 1.04 bits per heavy atom. The highest BCUT2D eigenvalue weighted by molar-refractivity contribution is 6.04. The standard InChI is InChI=1S/C33H40N4O8/c1-40-28-14-24-26(16-30(28)42-3)34-18-20-12-22(6-8-36(20)32(24)38)44-10-5-11-45-23-7-9-37-21(13-23)19-35-27-17-31(43-4)29(41-2)15-25(27)33(37)39/h14-23H,5-13H2,1-4H3/t20-,21-,22?,23?/m0/s1. The summed E-state index contributed by atoms with van der Waals surface area (Å²) in [7, 11) is 6.24. The topological polar surface area (TPSA) is 121 Å². The van der Waals surface area contributed by atoms with E-state index in [2.05, 4.69) is 9.98 Å². The van der Waals surface area contributed by atoms with Crippen LogP contribution in [0.1, 0.15) is 52.8 Å². The van der Waals surface area contributed by atoms with Crippen LogP contribution in [0, 0.1) is 0 Å². The first-order chi connectivity index (χ1) is 21.9. The van der Waals surface area contributed by atoms with Crippen molar-refractivity contribution in [3.8, 4) is 23.0 Å². The third kappa shape index (κ3) is 6.21. The Hall–Kier alpha value is -4.16. The monoisotopic (exact) mass is 620 g/mol. The molecule has 2 saturated heterocycles. The number of aliphatic imine (C=N–C) groups is 2. The molecule has 4 aliphatic rings. The van der Waals surface area contributed by atoms with Crippen molar-refractivity contribution in [2.24, 2.45) is 9.98 Å². The number of carbonyl (C=O) groups excluding carboxylic acids is 2. The number of amides is 2. The molecule has 4 atom stereocenters. The fourth-order valence-corrected chi connectivity index (χ4v) is 6.51. The number of benzene rings is 2. The predicted molar refractivity (Wildman–Crippen MR) is 168 cm³/mol. The quantitative estimate of drug-likeness (QED) is 0.362. The van der Waals surface area contributed by atoms with Crippen LogP contribution >= 0.6 is 0 Å². The molecule has 240 valence electrons. The average molecular weight is 621 g/mol. The van der Waals surface area contributed by atoms with Crippen molar-refractivity contribution in [2.75, 3.05) is 54.7 Å². The second kappa shape index (κ2) is 13.5. The molecule has 12 heteroatoms. The molecule has 0 aromatic heterocycles. The Morgan fingerprint density at radius 1 is 0.644 bits per heavy atom. The Morgan fingerprint density at radius 3 is 1.44 bits per heavy atom. The third-order valence-electron chi connectivity index (χ3n) is 8.95. The molecule has 0 aliphatic carbocycles. The Balaban J connectivity index is 0.969. The zero-order valence-electron chi connectivity index (χ0n) is 26.2. The first-order valence-corrected chi connectivity index (χ1v) is 15.4. The predicted octanol–water partition coefficient (Wildman–Crippen LogP) is 4.22. The fourth-order valence-electron chi connectivity index (χ4n) is 6.51. The van der Waals surface area contributed by atoms with Gasteiger partial charge in [0.2, 0.25) is 0 Å². The molecular weight excluding hydrogens is 580 g/mol. The summed E-state index contributed by atoms with van der Waals surface area (Å²) in [5.41, 5.74) is 2.19. The van der Waals surface area contributed by atoms with Crippen LogP contribution in [0.2, 0.25) is 0 Å². The van der Waals surface area contributed by atoms with Gasteiger partial charge < -0.3 is 38.2 Å². The molecule has 2 aromatic carbocycles. The van der Waals surface area contributed by atoms with Gasteiger partial charge in [-0.25, -0.2) is 0 Å². The maximum Gasteiger partial charge on any atom is 0.256 e. The first-order valence-electron chi connectivity index (χ1n) is 15.4. The Bertz CT molecular complexity index is 1380. The van der Waals surface area contributed by atoms with E-state index in [4.69, 9.17) is 28.4 Å². The first kappa shape index (κ1) is 30.8. The molecule has 0 saturated carbocycles. The fraction of sp³-hybridized carbons (Fsp3) is 0.515. The van der Waals surface area contributed by atoms with Gasteiger partial charge in [-0.1, -0.05) is 0 Å². The van der Waals surface area contributed by atoms with Gasteiger partial charge >= 0.3 is 0 Å². The van der Waals surface area contributed by atoms with Gasteiger partial charge in [0.05, 0.1) is 75.2 Å². The summed E-state index contributed by atoms with van der Waals surface area (Å²) in [4.78, 5) is 39.7. The third-order valence-corrected chi connectivity index (χ3v) is 8.95. The van der Waals surface area contributed by atoms with Crippen LogP contribution in [0.5, 0.6) is 23.0 Å². The van der Waals surface area contributed by atoms with Crippen LogP contribution < -0.4 is 18.9 Å². The number of hydrogen-bond acceptors (Lipinski definition) is 10. The summed E-state index contributed by atoms with van der Waals surface area (Å²) < 4.78 is 34.0. The molecular formula is C33H40N4O8. The van der Waals surface area contributed by atoms with E-state index in [1.54, 1.807) is 52.7 Å². The number of hydrogen-bond donors (Lipinski definition) is 0. The highest BCUT2D eigenvalue weighted by Crippen LogP contribution is 2.39. The number of nitrogens with zero attached hydrogens (tertiary/aromatic N) is 4. The Kier molecular flexibility index (Phi) is 9.22. The van der Waals surface area contributed by atoms with Gasteiger partial charge in [-0.15, -0.1) is 0 Å². The summed E-state index contributed by atoms with van der Waals surface area (Å²) in [5, 5.41) is 0. The highest BCUT2D eigenvalue weighted by Gasteiger charge is 2.36. The van der Waals surface area contributed by atoms with E-state index in [0.717, 1.165) is 19.3 Å². The lowest BCUT2D eigenvalue weighted by molar-refractivity contribution is -0.0270. The summed E-state index contributed by atoms with van der Waals surface area (Å²) in [6, 6.07) is 6.62.